The molecule has 13 rings (SSSR count). The lowest BCUT2D eigenvalue weighted by Crippen LogP contribution is -2.15. The zero-order valence-electron chi connectivity index (χ0n) is 34.3. The van der Waals surface area contributed by atoms with Gasteiger partial charge in [0.2, 0.25) is 0 Å². The van der Waals surface area contributed by atoms with Crippen LogP contribution in [0.15, 0.2) is 182 Å². The maximum absolute atomic E-state index is 2.52. The van der Waals surface area contributed by atoms with Crippen LogP contribution in [0, 0.1) is 0 Å². The van der Waals surface area contributed by atoms with Gasteiger partial charge in [-0.05, 0) is 156 Å². The molecule has 2 aliphatic carbocycles. The van der Waals surface area contributed by atoms with Crippen molar-refractivity contribution in [2.45, 2.75) is 38.5 Å². The van der Waals surface area contributed by atoms with Gasteiger partial charge in [0.1, 0.15) is 0 Å². The minimum Gasteiger partial charge on any atom is -0.0619 e. The van der Waals surface area contributed by atoms with Crippen molar-refractivity contribution in [3.05, 3.63) is 204 Å². The highest BCUT2D eigenvalue weighted by atomic mass is 14.4. The normalized spacial score (nSPS) is 14.6. The summed E-state index contributed by atoms with van der Waals surface area (Å²) in [5.74, 6) is 0. The van der Waals surface area contributed by atoms with Crippen molar-refractivity contribution in [2.24, 2.45) is 0 Å². The molecule has 60 heavy (non-hydrogen) atoms. The van der Waals surface area contributed by atoms with Crippen LogP contribution in [0.1, 0.15) is 49.9 Å². The molecule has 0 saturated heterocycles. The number of hydrogen-bond donors (Lipinski definition) is 0. The first-order valence-corrected chi connectivity index (χ1v) is 21.4. The van der Waals surface area contributed by atoms with Gasteiger partial charge in [-0.15, -0.1) is 0 Å². The maximum atomic E-state index is 2.52. The van der Waals surface area contributed by atoms with E-state index in [9.17, 15) is 0 Å². The molecule has 0 radical (unpaired) electrons. The van der Waals surface area contributed by atoms with Crippen LogP contribution >= 0.6 is 0 Å². The van der Waals surface area contributed by atoms with Crippen LogP contribution in [-0.2, 0) is 10.8 Å². The zero-order chi connectivity index (χ0) is 40.1. The lowest BCUT2D eigenvalue weighted by molar-refractivity contribution is 0.660. The predicted octanol–water partition coefficient (Wildman–Crippen LogP) is 16.5. The van der Waals surface area contributed by atoms with E-state index < -0.39 is 0 Å². The van der Waals surface area contributed by atoms with Gasteiger partial charge in [0.25, 0.3) is 0 Å². The Labute approximate surface area is 350 Å². The summed E-state index contributed by atoms with van der Waals surface area (Å²) < 4.78 is 0. The average Bonchev–Trinajstić information content (AvgIpc) is 3.65. The van der Waals surface area contributed by atoms with Crippen molar-refractivity contribution in [1.82, 2.24) is 0 Å². The monoisotopic (exact) mass is 762 g/mol. The smallest absolute Gasteiger partial charge is 0.0159 e. The number of fused-ring (bicyclic) bond motifs is 8. The lowest BCUT2D eigenvalue weighted by atomic mass is 9.78. The van der Waals surface area contributed by atoms with E-state index >= 15 is 0 Å². The fourth-order valence-electron chi connectivity index (χ4n) is 11.7. The fourth-order valence-corrected chi connectivity index (χ4v) is 11.7. The summed E-state index contributed by atoms with van der Waals surface area (Å²) >= 11 is 0. The van der Waals surface area contributed by atoms with Gasteiger partial charge in [0.15, 0.2) is 0 Å². The number of benzene rings is 11. The number of hydrogen-bond acceptors (Lipinski definition) is 0. The molecule has 282 valence electrons. The molecular formula is C60H42. The summed E-state index contributed by atoms with van der Waals surface area (Å²) in [6, 6.07) is 69.5. The Morgan fingerprint density at radius 1 is 0.267 bits per heavy atom. The second kappa shape index (κ2) is 11.8. The third kappa shape index (κ3) is 4.41. The highest BCUT2D eigenvalue weighted by molar-refractivity contribution is 6.27. The predicted molar refractivity (Wildman–Crippen MR) is 257 cm³/mol. The molecule has 11 aromatic rings. The summed E-state index contributed by atoms with van der Waals surface area (Å²) in [5.41, 5.74) is 18.4. The van der Waals surface area contributed by atoms with Crippen LogP contribution < -0.4 is 0 Å². The van der Waals surface area contributed by atoms with E-state index in [1.54, 1.807) is 0 Å². The van der Waals surface area contributed by atoms with Gasteiger partial charge < -0.3 is 0 Å². The van der Waals surface area contributed by atoms with Gasteiger partial charge in [-0.3, -0.25) is 0 Å². The molecule has 0 N–H and O–H groups in total. The zero-order valence-corrected chi connectivity index (χ0v) is 34.3. The van der Waals surface area contributed by atoms with Crippen LogP contribution in [0.4, 0.5) is 0 Å². The topological polar surface area (TPSA) is 0 Å². The quantitative estimate of drug-likeness (QED) is 0.124. The highest BCUT2D eigenvalue weighted by Gasteiger charge is 2.37. The summed E-state index contributed by atoms with van der Waals surface area (Å²) in [6.07, 6.45) is 0. The average molecular weight is 763 g/mol. The van der Waals surface area contributed by atoms with E-state index in [0.29, 0.717) is 0 Å². The molecule has 11 aromatic carbocycles. The van der Waals surface area contributed by atoms with Crippen molar-refractivity contribution in [3.63, 3.8) is 0 Å². The third-order valence-electron chi connectivity index (χ3n) is 14.6. The summed E-state index contributed by atoms with van der Waals surface area (Å²) in [7, 11) is 0. The van der Waals surface area contributed by atoms with Crippen molar-refractivity contribution >= 4 is 53.9 Å². The van der Waals surface area contributed by atoms with E-state index in [1.807, 2.05) is 0 Å². The SMILES string of the molecule is CC1(C)c2ccccc2-c2ccc(-c3c4ccccc4c(-c4ccc5c(c4)C(C)(C)c4ccccc4-5)c4c(-c5cc6ccc7cccc8ccc(c5)c6c78)cccc34)cc21. The molecule has 0 aliphatic heterocycles. The van der Waals surface area contributed by atoms with E-state index in [-0.39, 0.29) is 10.8 Å². The van der Waals surface area contributed by atoms with Gasteiger partial charge in [-0.2, -0.15) is 0 Å². The molecule has 0 unspecified atom stereocenters. The highest BCUT2D eigenvalue weighted by Crippen LogP contribution is 2.54. The Hall–Kier alpha value is -7.02. The standard InChI is InChI=1S/C60H42/c1-59(2)50-21-9-7-15-43(50)45-29-27-39(33-52(45)59)56-47-17-5-6-18-48(47)57(40-28-30-46-44-16-8-10-22-51(44)60(3,4)53(46)34-40)58-42(19-12-20-49(56)58)41-31-37-25-23-35-13-11-14-36-24-26-38(32-41)55(37)54(35)36/h5-34H,1-4H3. The van der Waals surface area contributed by atoms with Gasteiger partial charge in [0.05, 0.1) is 0 Å². The molecule has 0 spiro atoms. The Morgan fingerprint density at radius 2 is 0.700 bits per heavy atom. The first kappa shape index (κ1) is 33.9. The number of rotatable bonds is 3. The van der Waals surface area contributed by atoms with Crippen molar-refractivity contribution in [2.75, 3.05) is 0 Å². The van der Waals surface area contributed by atoms with E-state index in [0.717, 1.165) is 0 Å². The maximum Gasteiger partial charge on any atom is 0.0159 e. The third-order valence-corrected chi connectivity index (χ3v) is 14.6. The molecule has 0 heterocycles. The molecule has 0 atom stereocenters. The molecule has 2 aliphatic rings. The minimum atomic E-state index is -0.111. The van der Waals surface area contributed by atoms with Crippen molar-refractivity contribution < 1.29 is 0 Å². The molecule has 0 amide bonds. The van der Waals surface area contributed by atoms with E-state index in [1.165, 1.54) is 132 Å². The molecule has 0 bridgehead atoms. The van der Waals surface area contributed by atoms with Gasteiger partial charge in [0, 0.05) is 10.8 Å². The second-order valence-corrected chi connectivity index (χ2v) is 18.4. The van der Waals surface area contributed by atoms with Crippen LogP contribution in [0.5, 0.6) is 0 Å². The van der Waals surface area contributed by atoms with Crippen molar-refractivity contribution in [1.29, 1.82) is 0 Å². The Kier molecular flexibility index (Phi) is 6.67. The first-order chi connectivity index (χ1) is 29.3. The van der Waals surface area contributed by atoms with Gasteiger partial charge in [-0.1, -0.05) is 185 Å². The van der Waals surface area contributed by atoms with Crippen molar-refractivity contribution in [3.8, 4) is 55.6 Å². The largest absolute Gasteiger partial charge is 0.0619 e. The summed E-state index contributed by atoms with van der Waals surface area (Å²) in [5, 5.41) is 13.0. The molecule has 0 nitrogen and oxygen atoms in total. The van der Waals surface area contributed by atoms with E-state index in [2.05, 4.69) is 210 Å². The molecule has 0 fully saturated rings. The van der Waals surface area contributed by atoms with Crippen LogP contribution in [0.25, 0.3) is 109 Å². The molecule has 0 saturated carbocycles. The van der Waals surface area contributed by atoms with Gasteiger partial charge >= 0.3 is 0 Å². The van der Waals surface area contributed by atoms with E-state index in [4.69, 9.17) is 0 Å². The van der Waals surface area contributed by atoms with Crippen LogP contribution in [0.2, 0.25) is 0 Å². The Balaban J connectivity index is 1.14. The van der Waals surface area contributed by atoms with Crippen LogP contribution in [-0.4, -0.2) is 0 Å². The fraction of sp³-hybridized carbons (Fsp3) is 0.100. The minimum absolute atomic E-state index is 0.0997. The Morgan fingerprint density at radius 3 is 1.30 bits per heavy atom. The molecule has 0 aromatic heterocycles. The first-order valence-electron chi connectivity index (χ1n) is 21.4. The molecular weight excluding hydrogens is 721 g/mol. The molecule has 0 heteroatoms. The second-order valence-electron chi connectivity index (χ2n) is 18.4. The summed E-state index contributed by atoms with van der Waals surface area (Å²) in [4.78, 5) is 0. The Bertz CT molecular complexity index is 3580. The lowest BCUT2D eigenvalue weighted by Gasteiger charge is -2.25. The summed E-state index contributed by atoms with van der Waals surface area (Å²) in [6.45, 7) is 9.56. The van der Waals surface area contributed by atoms with Crippen LogP contribution in [0.3, 0.4) is 0 Å². The van der Waals surface area contributed by atoms with Gasteiger partial charge in [-0.25, -0.2) is 0 Å².